The molecule has 0 spiro atoms. The maximum atomic E-state index is 12.7. The monoisotopic (exact) mass is 436 g/mol. The number of nitrogens with zero attached hydrogens (tertiary/aromatic N) is 1. The lowest BCUT2D eigenvalue weighted by molar-refractivity contribution is -0.120. The summed E-state index contributed by atoms with van der Waals surface area (Å²) in [4.78, 5) is 15.2. The van der Waals surface area contributed by atoms with E-state index in [2.05, 4.69) is 51.3 Å². The van der Waals surface area contributed by atoms with Crippen molar-refractivity contribution in [3.63, 3.8) is 0 Å². The lowest BCUT2D eigenvalue weighted by atomic mass is 9.97. The predicted octanol–water partition coefficient (Wildman–Crippen LogP) is 4.22. The van der Waals surface area contributed by atoms with Crippen molar-refractivity contribution >= 4 is 17.2 Å². The molecule has 162 valence electrons. The summed E-state index contributed by atoms with van der Waals surface area (Å²) >= 11 is 1.70. The van der Waals surface area contributed by atoms with Gasteiger partial charge in [0.05, 0.1) is 26.7 Å². The summed E-state index contributed by atoms with van der Waals surface area (Å²) in [6, 6.07) is 16.6. The molecule has 1 aliphatic rings. The van der Waals surface area contributed by atoms with Crippen LogP contribution in [-0.2, 0) is 24.2 Å². The molecule has 4 rings (SSSR count). The summed E-state index contributed by atoms with van der Waals surface area (Å²) in [6.45, 7) is 2.48. The summed E-state index contributed by atoms with van der Waals surface area (Å²) in [6.07, 6.45) is 1.34. The molecule has 0 fully saturated rings. The minimum Gasteiger partial charge on any atom is -0.493 e. The van der Waals surface area contributed by atoms with Crippen LogP contribution in [0.4, 0.5) is 0 Å². The highest BCUT2D eigenvalue weighted by atomic mass is 32.1. The highest BCUT2D eigenvalue weighted by Crippen LogP contribution is 2.29. The number of fused-ring (bicyclic) bond motifs is 1. The first-order chi connectivity index (χ1) is 15.2. The summed E-state index contributed by atoms with van der Waals surface area (Å²) in [7, 11) is 3.21. The van der Waals surface area contributed by atoms with E-state index in [1.54, 1.807) is 25.6 Å². The number of rotatable bonds is 8. The number of benzene rings is 2. The Morgan fingerprint density at radius 1 is 1.10 bits per heavy atom. The van der Waals surface area contributed by atoms with Crippen molar-refractivity contribution in [3.8, 4) is 11.5 Å². The Morgan fingerprint density at radius 3 is 2.65 bits per heavy atom. The highest BCUT2D eigenvalue weighted by Gasteiger charge is 2.25. The van der Waals surface area contributed by atoms with Gasteiger partial charge in [-0.25, -0.2) is 0 Å². The molecule has 0 radical (unpaired) electrons. The molecule has 1 aromatic heterocycles. The Labute approximate surface area is 187 Å². The quantitative estimate of drug-likeness (QED) is 0.574. The molecular weight excluding hydrogens is 408 g/mol. The van der Waals surface area contributed by atoms with Crippen molar-refractivity contribution in [2.75, 3.05) is 27.3 Å². The Balaban J connectivity index is 1.42. The lowest BCUT2D eigenvalue weighted by Gasteiger charge is -2.35. The number of amides is 1. The SMILES string of the molecule is COc1ccc(CC(=O)NCC(c2ccsc2)N2CCc3ccccc3C2)cc1OC. The largest absolute Gasteiger partial charge is 0.493 e. The summed E-state index contributed by atoms with van der Waals surface area (Å²) in [5.41, 5.74) is 4.97. The highest BCUT2D eigenvalue weighted by molar-refractivity contribution is 7.08. The van der Waals surface area contributed by atoms with E-state index in [0.29, 0.717) is 24.5 Å². The lowest BCUT2D eigenvalue weighted by Crippen LogP contribution is -2.40. The van der Waals surface area contributed by atoms with Crippen LogP contribution in [-0.4, -0.2) is 38.1 Å². The minimum atomic E-state index is 0.00450. The Bertz CT molecular complexity index is 1020. The van der Waals surface area contributed by atoms with Crippen molar-refractivity contribution in [1.29, 1.82) is 0 Å². The topological polar surface area (TPSA) is 50.8 Å². The van der Waals surface area contributed by atoms with Crippen LogP contribution in [0.5, 0.6) is 11.5 Å². The van der Waals surface area contributed by atoms with Crippen LogP contribution in [0.15, 0.2) is 59.3 Å². The van der Waals surface area contributed by atoms with Gasteiger partial charge in [-0.1, -0.05) is 30.3 Å². The van der Waals surface area contributed by atoms with Gasteiger partial charge >= 0.3 is 0 Å². The van der Waals surface area contributed by atoms with Crippen LogP contribution < -0.4 is 14.8 Å². The molecule has 2 heterocycles. The molecule has 0 aliphatic carbocycles. The smallest absolute Gasteiger partial charge is 0.224 e. The third-order valence-corrected chi connectivity index (χ3v) is 6.54. The molecule has 0 bridgehead atoms. The maximum Gasteiger partial charge on any atom is 0.224 e. The van der Waals surface area contributed by atoms with Crippen molar-refractivity contribution in [1.82, 2.24) is 10.2 Å². The van der Waals surface area contributed by atoms with E-state index in [1.807, 2.05) is 18.2 Å². The van der Waals surface area contributed by atoms with Gasteiger partial charge in [-0.3, -0.25) is 9.69 Å². The third-order valence-electron chi connectivity index (χ3n) is 5.83. The molecule has 0 saturated carbocycles. The van der Waals surface area contributed by atoms with Gasteiger partial charge in [0.25, 0.3) is 0 Å². The molecule has 1 aliphatic heterocycles. The van der Waals surface area contributed by atoms with Gasteiger partial charge in [0.1, 0.15) is 0 Å². The van der Waals surface area contributed by atoms with Crippen molar-refractivity contribution < 1.29 is 14.3 Å². The van der Waals surface area contributed by atoms with E-state index >= 15 is 0 Å². The van der Waals surface area contributed by atoms with Crippen molar-refractivity contribution in [2.45, 2.75) is 25.4 Å². The molecular formula is C25H28N2O3S. The molecule has 31 heavy (non-hydrogen) atoms. The Hall–Kier alpha value is -2.83. The van der Waals surface area contributed by atoms with E-state index in [0.717, 1.165) is 25.1 Å². The summed E-state index contributed by atoms with van der Waals surface area (Å²) in [5.74, 6) is 1.30. The number of carbonyl (C=O) groups is 1. The fraction of sp³-hybridized carbons (Fsp3) is 0.320. The van der Waals surface area contributed by atoms with Crippen molar-refractivity contribution in [3.05, 3.63) is 81.5 Å². The van der Waals surface area contributed by atoms with E-state index in [1.165, 1.54) is 16.7 Å². The standard InChI is InChI=1S/C25H28N2O3S/c1-29-23-8-7-18(13-24(23)30-2)14-25(28)26-15-22(21-10-12-31-17-21)27-11-9-19-5-3-4-6-20(19)16-27/h3-8,10,12-13,17,22H,9,11,14-16H2,1-2H3,(H,26,28). The Kier molecular flexibility index (Phi) is 6.89. The van der Waals surface area contributed by atoms with Crippen LogP contribution in [0.1, 0.15) is 28.3 Å². The van der Waals surface area contributed by atoms with Crippen LogP contribution in [0, 0.1) is 0 Å². The van der Waals surface area contributed by atoms with Gasteiger partial charge in [-0.15, -0.1) is 0 Å². The first-order valence-electron chi connectivity index (χ1n) is 10.5. The summed E-state index contributed by atoms with van der Waals surface area (Å²) < 4.78 is 10.6. The number of carbonyl (C=O) groups excluding carboxylic acids is 1. The van der Waals surface area contributed by atoms with Crippen LogP contribution in [0.3, 0.4) is 0 Å². The number of methoxy groups -OCH3 is 2. The molecule has 2 aromatic carbocycles. The number of ether oxygens (including phenoxy) is 2. The Morgan fingerprint density at radius 2 is 1.90 bits per heavy atom. The van der Waals surface area contributed by atoms with E-state index in [9.17, 15) is 4.79 Å². The molecule has 1 amide bonds. The van der Waals surface area contributed by atoms with E-state index in [4.69, 9.17) is 9.47 Å². The molecule has 6 heteroatoms. The van der Waals surface area contributed by atoms with Gasteiger partial charge in [0, 0.05) is 19.6 Å². The van der Waals surface area contributed by atoms with Crippen LogP contribution in [0.2, 0.25) is 0 Å². The zero-order chi connectivity index (χ0) is 21.6. The molecule has 5 nitrogen and oxygen atoms in total. The molecule has 0 saturated heterocycles. The summed E-state index contributed by atoms with van der Waals surface area (Å²) in [5, 5.41) is 7.45. The molecule has 3 aromatic rings. The van der Waals surface area contributed by atoms with Gasteiger partial charge in [-0.05, 0) is 57.6 Å². The average molecular weight is 437 g/mol. The number of nitrogens with one attached hydrogen (secondary N) is 1. The second kappa shape index (κ2) is 9.98. The van der Waals surface area contributed by atoms with Crippen LogP contribution >= 0.6 is 11.3 Å². The number of thiophene rings is 1. The number of hydrogen-bond donors (Lipinski definition) is 1. The normalized spacial score (nSPS) is 14.5. The number of hydrogen-bond acceptors (Lipinski definition) is 5. The maximum absolute atomic E-state index is 12.7. The zero-order valence-electron chi connectivity index (χ0n) is 18.0. The van der Waals surface area contributed by atoms with Crippen molar-refractivity contribution in [2.24, 2.45) is 0 Å². The van der Waals surface area contributed by atoms with Crippen LogP contribution in [0.25, 0.3) is 0 Å². The molecule has 1 N–H and O–H groups in total. The fourth-order valence-electron chi connectivity index (χ4n) is 4.15. The van der Waals surface area contributed by atoms with E-state index < -0.39 is 0 Å². The zero-order valence-corrected chi connectivity index (χ0v) is 18.8. The van der Waals surface area contributed by atoms with Gasteiger partial charge in [-0.2, -0.15) is 11.3 Å². The van der Waals surface area contributed by atoms with Gasteiger partial charge in [0.2, 0.25) is 5.91 Å². The molecule has 1 atom stereocenters. The second-order valence-corrected chi connectivity index (χ2v) is 8.51. The molecule has 1 unspecified atom stereocenters. The van der Waals surface area contributed by atoms with E-state index in [-0.39, 0.29) is 11.9 Å². The fourth-order valence-corrected chi connectivity index (χ4v) is 4.86. The average Bonchev–Trinajstić information content (AvgIpc) is 3.33. The van der Waals surface area contributed by atoms with Gasteiger partial charge < -0.3 is 14.8 Å². The first-order valence-corrected chi connectivity index (χ1v) is 11.4. The minimum absolute atomic E-state index is 0.00450. The third kappa shape index (κ3) is 5.09. The second-order valence-electron chi connectivity index (χ2n) is 7.73. The van der Waals surface area contributed by atoms with Gasteiger partial charge in [0.15, 0.2) is 11.5 Å². The first kappa shape index (κ1) is 21.4. The predicted molar refractivity (Wildman–Crippen MR) is 124 cm³/mol.